The van der Waals surface area contributed by atoms with Crippen LogP contribution in [0.2, 0.25) is 0 Å². The number of hydrogen-bond donors (Lipinski definition) is 2. The molecule has 0 saturated heterocycles. The standard InChI is InChI=1S/C27H37O11P/c1-7-36-26(31)18(4)38-39(33,35-6)13-9-8-10-19(25(29)30)14-16(2)11-12-20-23(28)22-21(15-37-27(22)32)17(3)24(20)34-5/h8-9,11,18-19,28H,7,10,12-15H2,1-6H3,(H,29,30). The summed E-state index contributed by atoms with van der Waals surface area (Å²) in [7, 11) is -0.949. The largest absolute Gasteiger partial charge is 0.507 e. The predicted molar refractivity (Wildman–Crippen MR) is 142 cm³/mol. The van der Waals surface area contributed by atoms with Gasteiger partial charge < -0.3 is 28.9 Å². The van der Waals surface area contributed by atoms with E-state index in [9.17, 15) is 29.2 Å². The van der Waals surface area contributed by atoms with Crippen molar-refractivity contribution in [3.8, 4) is 11.5 Å². The summed E-state index contributed by atoms with van der Waals surface area (Å²) in [6.45, 7) is 6.85. The summed E-state index contributed by atoms with van der Waals surface area (Å²) in [5, 5.41) is 20.5. The Morgan fingerprint density at radius 2 is 1.92 bits per heavy atom. The highest BCUT2D eigenvalue weighted by atomic mass is 31.2. The van der Waals surface area contributed by atoms with E-state index in [1.807, 2.05) is 0 Å². The Kier molecular flexibility index (Phi) is 11.8. The van der Waals surface area contributed by atoms with Crippen molar-refractivity contribution < 1.29 is 52.4 Å². The number of esters is 2. The molecule has 0 spiro atoms. The van der Waals surface area contributed by atoms with E-state index in [4.69, 9.17) is 23.3 Å². The van der Waals surface area contributed by atoms with Crippen LogP contribution in [0, 0.1) is 12.8 Å². The number of phenolic OH excluding ortho intramolecular Hbond substituents is 1. The van der Waals surface area contributed by atoms with Gasteiger partial charge in [0.15, 0.2) is 6.10 Å². The van der Waals surface area contributed by atoms with Gasteiger partial charge in [0.1, 0.15) is 23.7 Å². The summed E-state index contributed by atoms with van der Waals surface area (Å²) in [6.07, 6.45) is 4.23. The normalized spacial score (nSPS) is 16.4. The maximum absolute atomic E-state index is 12.8. The van der Waals surface area contributed by atoms with Crippen LogP contribution in [-0.2, 0) is 45.7 Å². The second-order valence-electron chi connectivity index (χ2n) is 9.09. The average Bonchev–Trinajstić information content (AvgIpc) is 3.28. The van der Waals surface area contributed by atoms with Gasteiger partial charge >= 0.3 is 25.5 Å². The highest BCUT2D eigenvalue weighted by molar-refractivity contribution is 7.54. The molecule has 0 aromatic heterocycles. The molecule has 39 heavy (non-hydrogen) atoms. The first-order chi connectivity index (χ1) is 18.4. The second-order valence-corrected chi connectivity index (χ2v) is 11.3. The number of ether oxygens (including phenoxy) is 3. The number of benzene rings is 1. The number of aromatic hydroxyl groups is 1. The summed E-state index contributed by atoms with van der Waals surface area (Å²) in [5.41, 5.74) is 2.62. The molecule has 1 heterocycles. The van der Waals surface area contributed by atoms with Crippen molar-refractivity contribution in [1.82, 2.24) is 0 Å². The van der Waals surface area contributed by atoms with Gasteiger partial charge in [-0.3, -0.25) is 13.9 Å². The Bertz CT molecular complexity index is 1180. The van der Waals surface area contributed by atoms with Gasteiger partial charge in [0.25, 0.3) is 0 Å². The fourth-order valence-electron chi connectivity index (χ4n) is 4.22. The smallest absolute Gasteiger partial charge is 0.342 e. The van der Waals surface area contributed by atoms with Crippen LogP contribution in [0.4, 0.5) is 0 Å². The van der Waals surface area contributed by atoms with Crippen molar-refractivity contribution in [3.63, 3.8) is 0 Å². The zero-order valence-electron chi connectivity index (χ0n) is 23.1. The van der Waals surface area contributed by atoms with Crippen LogP contribution < -0.4 is 4.74 Å². The van der Waals surface area contributed by atoms with Crippen molar-refractivity contribution in [3.05, 3.63) is 46.1 Å². The molecule has 3 unspecified atom stereocenters. The molecule has 0 bridgehead atoms. The summed E-state index contributed by atoms with van der Waals surface area (Å²) in [6, 6.07) is 0. The fourth-order valence-corrected chi connectivity index (χ4v) is 5.51. The Hall–Kier alpha value is -3.14. The van der Waals surface area contributed by atoms with Crippen LogP contribution in [0.5, 0.6) is 11.5 Å². The third kappa shape index (κ3) is 8.17. The molecule has 12 heteroatoms. The summed E-state index contributed by atoms with van der Waals surface area (Å²) >= 11 is 0. The van der Waals surface area contributed by atoms with E-state index in [2.05, 4.69) is 0 Å². The zero-order valence-corrected chi connectivity index (χ0v) is 24.0. The molecule has 0 radical (unpaired) electrons. The Morgan fingerprint density at radius 1 is 1.23 bits per heavy atom. The molecule has 1 aliphatic rings. The first-order valence-electron chi connectivity index (χ1n) is 12.5. The number of hydrogen-bond acceptors (Lipinski definition) is 10. The highest BCUT2D eigenvalue weighted by Gasteiger charge is 2.32. The number of carboxylic acid groups (broad SMARTS) is 1. The number of carbonyl (C=O) groups is 3. The monoisotopic (exact) mass is 568 g/mol. The van der Waals surface area contributed by atoms with E-state index in [1.165, 1.54) is 27.2 Å². The SMILES string of the molecule is CCOC(=O)C(C)OP(=O)(CC=CCC(CC(C)=CCc1c(O)c2c(c(C)c1OC)COC2=O)C(=O)O)OC. The van der Waals surface area contributed by atoms with Crippen LogP contribution in [0.3, 0.4) is 0 Å². The lowest BCUT2D eigenvalue weighted by atomic mass is 9.93. The second kappa shape index (κ2) is 14.3. The topological polar surface area (TPSA) is 155 Å². The number of phenols is 1. The van der Waals surface area contributed by atoms with Crippen molar-refractivity contribution in [2.45, 2.75) is 59.7 Å². The molecular formula is C27H37O11P. The highest BCUT2D eigenvalue weighted by Crippen LogP contribution is 2.48. The van der Waals surface area contributed by atoms with E-state index in [0.717, 1.165) is 5.57 Å². The quantitative estimate of drug-likeness (QED) is 0.172. The van der Waals surface area contributed by atoms with E-state index in [0.29, 0.717) is 22.4 Å². The lowest BCUT2D eigenvalue weighted by molar-refractivity contribution is -0.150. The number of cyclic esters (lactones) is 1. The van der Waals surface area contributed by atoms with Crippen molar-refractivity contribution in [1.29, 1.82) is 0 Å². The molecule has 216 valence electrons. The Labute approximate surface area is 228 Å². The molecule has 2 N–H and O–H groups in total. The average molecular weight is 569 g/mol. The van der Waals surface area contributed by atoms with Gasteiger partial charge in [-0.15, -0.1) is 0 Å². The lowest BCUT2D eigenvalue weighted by Crippen LogP contribution is -2.23. The van der Waals surface area contributed by atoms with Crippen molar-refractivity contribution in [2.24, 2.45) is 5.92 Å². The minimum absolute atomic E-state index is 0.0727. The Balaban J connectivity index is 2.07. The molecule has 0 aliphatic carbocycles. The van der Waals surface area contributed by atoms with Crippen molar-refractivity contribution in [2.75, 3.05) is 27.0 Å². The minimum Gasteiger partial charge on any atom is -0.507 e. The van der Waals surface area contributed by atoms with Crippen LogP contribution >= 0.6 is 7.60 Å². The number of rotatable bonds is 15. The third-order valence-electron chi connectivity index (χ3n) is 6.35. The van der Waals surface area contributed by atoms with Gasteiger partial charge in [-0.25, -0.2) is 9.59 Å². The van der Waals surface area contributed by atoms with Crippen LogP contribution in [0.15, 0.2) is 23.8 Å². The Morgan fingerprint density at radius 3 is 2.51 bits per heavy atom. The van der Waals surface area contributed by atoms with Crippen molar-refractivity contribution >= 4 is 25.5 Å². The number of allylic oxidation sites excluding steroid dienone is 4. The number of carboxylic acids is 1. The number of fused-ring (bicyclic) bond motifs is 1. The van der Waals surface area contributed by atoms with Gasteiger partial charge in [0.05, 0.1) is 25.8 Å². The van der Waals surface area contributed by atoms with Gasteiger partial charge in [-0.1, -0.05) is 23.8 Å². The lowest BCUT2D eigenvalue weighted by Gasteiger charge is -2.19. The van der Waals surface area contributed by atoms with Gasteiger partial charge in [0, 0.05) is 18.2 Å². The van der Waals surface area contributed by atoms with Gasteiger partial charge in [-0.05, 0) is 52.5 Å². The zero-order chi connectivity index (χ0) is 29.3. The molecule has 2 rings (SSSR count). The first-order valence-corrected chi connectivity index (χ1v) is 14.2. The number of methoxy groups -OCH3 is 1. The summed E-state index contributed by atoms with van der Waals surface area (Å²) in [4.78, 5) is 35.7. The molecule has 11 nitrogen and oxygen atoms in total. The molecule has 0 amide bonds. The summed E-state index contributed by atoms with van der Waals surface area (Å²) < 4.78 is 38.5. The fraction of sp³-hybridized carbons (Fsp3) is 0.519. The predicted octanol–water partition coefficient (Wildman–Crippen LogP) is 4.71. The van der Waals surface area contributed by atoms with E-state index >= 15 is 0 Å². The number of carbonyl (C=O) groups excluding carboxylic acids is 2. The molecular weight excluding hydrogens is 531 g/mol. The van der Waals surface area contributed by atoms with Crippen LogP contribution in [0.25, 0.3) is 0 Å². The van der Waals surface area contributed by atoms with E-state index in [1.54, 1.807) is 32.9 Å². The molecule has 0 saturated carbocycles. The summed E-state index contributed by atoms with van der Waals surface area (Å²) in [5.74, 6) is -2.77. The molecule has 1 aromatic carbocycles. The van der Waals surface area contributed by atoms with Gasteiger partial charge in [0.2, 0.25) is 0 Å². The van der Waals surface area contributed by atoms with Gasteiger partial charge in [-0.2, -0.15) is 0 Å². The molecule has 0 fully saturated rings. The van der Waals surface area contributed by atoms with Crippen LogP contribution in [-0.4, -0.2) is 61.2 Å². The molecule has 1 aromatic rings. The first kappa shape index (κ1) is 32.1. The molecule has 1 aliphatic heterocycles. The molecule has 3 atom stereocenters. The maximum atomic E-state index is 12.8. The van der Waals surface area contributed by atoms with E-state index in [-0.39, 0.29) is 50.0 Å². The maximum Gasteiger partial charge on any atom is 0.342 e. The third-order valence-corrected chi connectivity index (χ3v) is 8.20. The number of aliphatic carboxylic acids is 1. The van der Waals surface area contributed by atoms with E-state index < -0.39 is 37.5 Å². The minimum atomic E-state index is -3.63. The van der Waals surface area contributed by atoms with Crippen LogP contribution in [0.1, 0.15) is 60.7 Å².